The van der Waals surface area contributed by atoms with Crippen molar-refractivity contribution in [2.45, 2.75) is 0 Å². The predicted molar refractivity (Wildman–Crippen MR) is 29.3 cm³/mol. The topological polar surface area (TPSA) is 93.8 Å². The summed E-state index contributed by atoms with van der Waals surface area (Å²) in [4.78, 5) is 20.7. The van der Waals surface area contributed by atoms with Crippen LogP contribution >= 0.6 is 0 Å². The minimum absolute atomic E-state index is 0.610. The van der Waals surface area contributed by atoms with E-state index in [9.17, 15) is 9.59 Å². The highest BCUT2D eigenvalue weighted by Crippen LogP contribution is 1.49. The second kappa shape index (κ2) is 1.73. The van der Waals surface area contributed by atoms with Gasteiger partial charge >= 0.3 is 11.1 Å². The highest BCUT2D eigenvalue weighted by Gasteiger charge is 1.92. The Labute approximate surface area is 48.9 Å². The maximum atomic E-state index is 10.4. The Balaban J connectivity index is 3.63. The molecule has 48 valence electrons. The lowest BCUT2D eigenvalue weighted by atomic mass is 10.8. The summed E-state index contributed by atoms with van der Waals surface area (Å²) in [5.74, 6) is 4.94. The second-order valence-electron chi connectivity index (χ2n) is 1.40. The van der Waals surface area contributed by atoms with Crippen molar-refractivity contribution in [2.24, 2.45) is 0 Å². The lowest BCUT2D eigenvalue weighted by Crippen LogP contribution is -2.40. The van der Waals surface area contributed by atoms with Gasteiger partial charge in [-0.2, -0.15) is 5.10 Å². The molecule has 0 atom stereocenters. The Bertz CT molecular complexity index is 310. The van der Waals surface area contributed by atoms with Gasteiger partial charge in [0.1, 0.15) is 6.33 Å². The number of hydrogen-bond donors (Lipinski definition) is 2. The Hall–Kier alpha value is -1.59. The van der Waals surface area contributed by atoms with Crippen molar-refractivity contribution in [3.63, 3.8) is 0 Å². The average molecular weight is 128 g/mol. The van der Waals surface area contributed by atoms with Crippen LogP contribution in [0.2, 0.25) is 0 Å². The van der Waals surface area contributed by atoms with Crippen LogP contribution in [0, 0.1) is 0 Å². The van der Waals surface area contributed by atoms with Crippen LogP contribution in [0.3, 0.4) is 0 Å². The number of nitrogen functional groups attached to an aromatic ring is 1. The molecule has 3 N–H and O–H groups in total. The molecule has 0 saturated carbocycles. The van der Waals surface area contributed by atoms with Gasteiger partial charge in [-0.25, -0.2) is 9.77 Å². The van der Waals surface area contributed by atoms with Crippen LogP contribution in [0.15, 0.2) is 15.9 Å². The van der Waals surface area contributed by atoms with E-state index in [4.69, 9.17) is 5.84 Å². The number of hydrogen-bond acceptors (Lipinski definition) is 4. The van der Waals surface area contributed by atoms with E-state index >= 15 is 0 Å². The van der Waals surface area contributed by atoms with Crippen LogP contribution in [0.25, 0.3) is 0 Å². The van der Waals surface area contributed by atoms with Gasteiger partial charge in [0, 0.05) is 0 Å². The Morgan fingerprint density at radius 3 is 2.78 bits per heavy atom. The molecule has 1 rings (SSSR count). The number of aromatic nitrogens is 3. The van der Waals surface area contributed by atoms with Crippen molar-refractivity contribution in [3.05, 3.63) is 27.0 Å². The van der Waals surface area contributed by atoms with Gasteiger partial charge < -0.3 is 5.84 Å². The first-order valence-electron chi connectivity index (χ1n) is 2.13. The third-order valence-electron chi connectivity index (χ3n) is 0.777. The van der Waals surface area contributed by atoms with E-state index < -0.39 is 11.1 Å². The summed E-state index contributed by atoms with van der Waals surface area (Å²) < 4.78 is 0.610. The average Bonchev–Trinajstić information content (AvgIpc) is 1.83. The first-order chi connectivity index (χ1) is 4.22. The van der Waals surface area contributed by atoms with Crippen molar-refractivity contribution in [1.82, 2.24) is 14.9 Å². The molecular formula is C3H4N4O2. The number of rotatable bonds is 0. The molecule has 0 unspecified atom stereocenters. The maximum Gasteiger partial charge on any atom is 0.337 e. The van der Waals surface area contributed by atoms with Crippen molar-refractivity contribution in [1.29, 1.82) is 0 Å². The largest absolute Gasteiger partial charge is 0.337 e. The number of aromatic amines is 1. The third kappa shape index (κ3) is 0.809. The van der Waals surface area contributed by atoms with Crippen LogP contribution in [0.5, 0.6) is 0 Å². The van der Waals surface area contributed by atoms with E-state index in [0.29, 0.717) is 4.68 Å². The molecule has 0 spiro atoms. The van der Waals surface area contributed by atoms with Gasteiger partial charge in [0.2, 0.25) is 0 Å². The van der Waals surface area contributed by atoms with Crippen molar-refractivity contribution >= 4 is 0 Å². The fourth-order valence-corrected chi connectivity index (χ4v) is 0.367. The highest BCUT2D eigenvalue weighted by atomic mass is 16.2. The lowest BCUT2D eigenvalue weighted by molar-refractivity contribution is 0.794. The summed E-state index contributed by atoms with van der Waals surface area (Å²) in [6, 6.07) is 0. The zero-order valence-electron chi connectivity index (χ0n) is 4.37. The minimum atomic E-state index is -0.819. The summed E-state index contributed by atoms with van der Waals surface area (Å²) in [7, 11) is 0. The van der Waals surface area contributed by atoms with Crippen molar-refractivity contribution < 1.29 is 0 Å². The number of nitrogens with zero attached hydrogens (tertiary/aromatic N) is 2. The van der Waals surface area contributed by atoms with Crippen LogP contribution in [0.4, 0.5) is 0 Å². The van der Waals surface area contributed by atoms with Crippen LogP contribution in [0.1, 0.15) is 0 Å². The van der Waals surface area contributed by atoms with E-state index in [1.54, 1.807) is 0 Å². The molecule has 6 heteroatoms. The van der Waals surface area contributed by atoms with Gasteiger partial charge in [-0.05, 0) is 0 Å². The van der Waals surface area contributed by atoms with Crippen molar-refractivity contribution in [3.8, 4) is 0 Å². The first kappa shape index (κ1) is 5.54. The van der Waals surface area contributed by atoms with E-state index in [-0.39, 0.29) is 0 Å². The van der Waals surface area contributed by atoms with E-state index in [2.05, 4.69) is 5.10 Å². The fourth-order valence-electron chi connectivity index (χ4n) is 0.367. The summed E-state index contributed by atoms with van der Waals surface area (Å²) in [5.41, 5.74) is -1.63. The molecule has 0 aliphatic carbocycles. The lowest BCUT2D eigenvalue weighted by Gasteiger charge is -1.88. The SMILES string of the molecule is Nn1cn[nH]c(=O)c1=O. The fraction of sp³-hybridized carbons (Fsp3) is 0. The number of nitrogens with one attached hydrogen (secondary N) is 1. The molecule has 9 heavy (non-hydrogen) atoms. The van der Waals surface area contributed by atoms with Gasteiger partial charge in [0.15, 0.2) is 0 Å². The number of nitrogens with two attached hydrogens (primary N) is 1. The molecule has 0 aliphatic rings. The second-order valence-corrected chi connectivity index (χ2v) is 1.40. The monoisotopic (exact) mass is 128 g/mol. The molecule has 1 aromatic heterocycles. The molecule has 0 aliphatic heterocycles. The van der Waals surface area contributed by atoms with Gasteiger partial charge in [0.25, 0.3) is 0 Å². The zero-order valence-corrected chi connectivity index (χ0v) is 4.37. The minimum Gasteiger partial charge on any atom is -0.335 e. The zero-order chi connectivity index (χ0) is 6.85. The molecule has 0 aromatic carbocycles. The van der Waals surface area contributed by atoms with E-state index in [1.165, 1.54) is 0 Å². The van der Waals surface area contributed by atoms with Crippen LogP contribution in [-0.4, -0.2) is 14.9 Å². The molecule has 1 heterocycles. The van der Waals surface area contributed by atoms with Gasteiger partial charge in [-0.3, -0.25) is 9.59 Å². The van der Waals surface area contributed by atoms with Gasteiger partial charge in [0.05, 0.1) is 0 Å². The van der Waals surface area contributed by atoms with Gasteiger partial charge in [-0.15, -0.1) is 0 Å². The smallest absolute Gasteiger partial charge is 0.335 e. The third-order valence-corrected chi connectivity index (χ3v) is 0.777. The predicted octanol–water partition coefficient (Wildman–Crippen LogP) is -2.35. The first-order valence-corrected chi connectivity index (χ1v) is 2.13. The van der Waals surface area contributed by atoms with Gasteiger partial charge in [-0.1, -0.05) is 0 Å². The molecule has 0 bridgehead atoms. The molecule has 0 amide bonds. The maximum absolute atomic E-state index is 10.4. The Morgan fingerprint density at radius 1 is 1.67 bits per heavy atom. The summed E-state index contributed by atoms with van der Waals surface area (Å²) in [6.07, 6.45) is 1.02. The summed E-state index contributed by atoms with van der Waals surface area (Å²) >= 11 is 0. The Morgan fingerprint density at radius 2 is 2.33 bits per heavy atom. The molecule has 1 aromatic rings. The number of H-pyrrole nitrogens is 1. The highest BCUT2D eigenvalue weighted by molar-refractivity contribution is 4.72. The molecule has 0 radical (unpaired) electrons. The quantitative estimate of drug-likeness (QED) is 0.302. The molecular weight excluding hydrogens is 124 g/mol. The normalized spacial score (nSPS) is 9.33. The van der Waals surface area contributed by atoms with Crippen LogP contribution in [-0.2, 0) is 0 Å². The summed E-state index contributed by atoms with van der Waals surface area (Å²) in [5, 5.41) is 5.17. The van der Waals surface area contributed by atoms with E-state index in [0.717, 1.165) is 6.33 Å². The molecule has 0 fully saturated rings. The Kier molecular flexibility index (Phi) is 1.07. The van der Waals surface area contributed by atoms with Crippen molar-refractivity contribution in [2.75, 3.05) is 5.84 Å². The molecule has 6 nitrogen and oxygen atoms in total. The standard InChI is InChI=1S/C3H4N4O2/c4-7-1-5-6-2(8)3(7)9/h1H,4H2,(H,6,8). The molecule has 0 saturated heterocycles. The summed E-state index contributed by atoms with van der Waals surface area (Å²) in [6.45, 7) is 0. The van der Waals surface area contributed by atoms with Crippen LogP contribution < -0.4 is 17.0 Å². The van der Waals surface area contributed by atoms with E-state index in [1.807, 2.05) is 5.10 Å².